The number of ether oxygens (including phenoxy) is 2. The van der Waals surface area contributed by atoms with E-state index in [0.29, 0.717) is 11.5 Å². The van der Waals surface area contributed by atoms with E-state index in [-0.39, 0.29) is 5.41 Å². The predicted molar refractivity (Wildman–Crippen MR) is 247 cm³/mol. The molecule has 0 atom stereocenters. The molecule has 1 aliphatic heterocycles. The molecule has 13 rings (SSSR count). The molecule has 288 valence electrons. The molecule has 0 bridgehead atoms. The summed E-state index contributed by atoms with van der Waals surface area (Å²) in [5, 5.41) is 0. The quantitative estimate of drug-likeness (QED) is 0.177. The first kappa shape index (κ1) is 34.3. The van der Waals surface area contributed by atoms with Crippen molar-refractivity contribution in [2.75, 3.05) is 4.90 Å². The first-order valence-electron chi connectivity index (χ1n) is 21.2. The van der Waals surface area contributed by atoms with Crippen LogP contribution in [0.3, 0.4) is 0 Å². The molecule has 0 saturated carbocycles. The Balaban J connectivity index is 0.989. The van der Waals surface area contributed by atoms with E-state index in [1.807, 2.05) is 6.07 Å². The lowest BCUT2D eigenvalue weighted by Crippen LogP contribution is -2.25. The average Bonchev–Trinajstić information content (AvgIpc) is 3.87. The van der Waals surface area contributed by atoms with Crippen LogP contribution >= 0.6 is 0 Å². The Kier molecular flexibility index (Phi) is 6.99. The summed E-state index contributed by atoms with van der Waals surface area (Å²) in [4.78, 5) is 2.39. The molecule has 61 heavy (non-hydrogen) atoms. The van der Waals surface area contributed by atoms with Crippen molar-refractivity contribution >= 4 is 17.1 Å². The minimum Gasteiger partial charge on any atom is -0.449 e. The number of hydrogen-bond acceptors (Lipinski definition) is 3. The predicted octanol–water partition coefficient (Wildman–Crippen LogP) is 15.4. The maximum Gasteiger partial charge on any atom is 0.178 e. The van der Waals surface area contributed by atoms with Crippen molar-refractivity contribution in [2.45, 2.75) is 24.7 Å². The number of nitrogens with zero attached hydrogens (tertiary/aromatic N) is 1. The Morgan fingerprint density at radius 3 is 1.61 bits per heavy atom. The Morgan fingerprint density at radius 2 is 0.885 bits per heavy atom. The Hall–Kier alpha value is -7.62. The van der Waals surface area contributed by atoms with Crippen LogP contribution < -0.4 is 14.4 Å². The van der Waals surface area contributed by atoms with E-state index < -0.39 is 5.41 Å². The highest BCUT2D eigenvalue weighted by molar-refractivity contribution is 5.99. The van der Waals surface area contributed by atoms with Gasteiger partial charge in [0.25, 0.3) is 0 Å². The summed E-state index contributed by atoms with van der Waals surface area (Å²) in [6.07, 6.45) is 0. The monoisotopic (exact) mass is 781 g/mol. The summed E-state index contributed by atoms with van der Waals surface area (Å²) in [5.41, 5.74) is 19.8. The van der Waals surface area contributed by atoms with Gasteiger partial charge in [0.2, 0.25) is 0 Å². The molecule has 0 fully saturated rings. The molecule has 4 aliphatic rings. The van der Waals surface area contributed by atoms with Crippen molar-refractivity contribution in [3.05, 3.63) is 234 Å². The second-order valence-electron chi connectivity index (χ2n) is 17.1. The van der Waals surface area contributed by atoms with Crippen molar-refractivity contribution in [3.8, 4) is 67.5 Å². The van der Waals surface area contributed by atoms with Gasteiger partial charge in [-0.25, -0.2) is 0 Å². The Bertz CT molecular complexity index is 3260. The van der Waals surface area contributed by atoms with Crippen molar-refractivity contribution in [2.24, 2.45) is 0 Å². The summed E-state index contributed by atoms with van der Waals surface area (Å²) in [6.45, 7) is 4.68. The number of hydrogen-bond donors (Lipinski definition) is 0. The third-order valence-electron chi connectivity index (χ3n) is 13.8. The van der Waals surface area contributed by atoms with Crippen LogP contribution in [0.4, 0.5) is 17.1 Å². The summed E-state index contributed by atoms with van der Waals surface area (Å²) in [5.74, 6) is 2.87. The lowest BCUT2D eigenvalue weighted by atomic mass is 9.70. The standard InChI is InChI=1S/C58H39NO2/c1-57(2)45-25-11-6-19-38(45)41-32-31-37(35-50(41)57)59(36-17-4-3-5-18-36)51-29-15-10-22-42(51)43-24-16-30-52-55(43)61-56-53(60-52)34-33-49-54(56)44-23-9-14-28-48(44)58(49)46-26-12-7-20-39(46)40-21-8-13-27-47(40)58/h3-35H,1-2H3. The van der Waals surface area contributed by atoms with E-state index in [2.05, 4.69) is 213 Å². The van der Waals surface area contributed by atoms with E-state index in [0.717, 1.165) is 45.3 Å². The van der Waals surface area contributed by atoms with Gasteiger partial charge in [0, 0.05) is 33.5 Å². The average molecular weight is 782 g/mol. The van der Waals surface area contributed by atoms with Gasteiger partial charge < -0.3 is 14.4 Å². The Labute approximate surface area is 355 Å². The molecular weight excluding hydrogens is 743 g/mol. The van der Waals surface area contributed by atoms with Crippen molar-refractivity contribution in [3.63, 3.8) is 0 Å². The minimum atomic E-state index is -0.480. The van der Waals surface area contributed by atoms with Crippen LogP contribution in [0.1, 0.15) is 47.2 Å². The molecule has 9 aromatic rings. The van der Waals surface area contributed by atoms with E-state index >= 15 is 0 Å². The fourth-order valence-corrected chi connectivity index (χ4v) is 11.2. The Morgan fingerprint density at radius 1 is 0.344 bits per heavy atom. The zero-order valence-electron chi connectivity index (χ0n) is 33.8. The lowest BCUT2D eigenvalue weighted by Gasteiger charge is -2.32. The third kappa shape index (κ3) is 4.53. The fourth-order valence-electron chi connectivity index (χ4n) is 11.2. The second-order valence-corrected chi connectivity index (χ2v) is 17.1. The molecule has 3 nitrogen and oxygen atoms in total. The third-order valence-corrected chi connectivity index (χ3v) is 13.8. The van der Waals surface area contributed by atoms with E-state index in [9.17, 15) is 0 Å². The van der Waals surface area contributed by atoms with E-state index in [1.165, 1.54) is 61.2 Å². The number of para-hydroxylation sites is 3. The van der Waals surface area contributed by atoms with Crippen LogP contribution in [-0.2, 0) is 10.8 Å². The highest BCUT2D eigenvalue weighted by Crippen LogP contribution is 2.67. The van der Waals surface area contributed by atoms with Gasteiger partial charge >= 0.3 is 0 Å². The molecule has 0 unspecified atom stereocenters. The van der Waals surface area contributed by atoms with Crippen molar-refractivity contribution in [1.82, 2.24) is 0 Å². The van der Waals surface area contributed by atoms with Crippen LogP contribution in [-0.4, -0.2) is 0 Å². The highest BCUT2D eigenvalue weighted by Gasteiger charge is 2.53. The maximum absolute atomic E-state index is 7.37. The van der Waals surface area contributed by atoms with E-state index in [1.54, 1.807) is 0 Å². The van der Waals surface area contributed by atoms with Crippen LogP contribution in [0.15, 0.2) is 200 Å². The van der Waals surface area contributed by atoms with E-state index in [4.69, 9.17) is 9.47 Å². The van der Waals surface area contributed by atoms with Gasteiger partial charge in [-0.1, -0.05) is 172 Å². The van der Waals surface area contributed by atoms with Crippen molar-refractivity contribution < 1.29 is 9.47 Å². The molecule has 0 amide bonds. The molecule has 1 heterocycles. The number of benzene rings is 9. The van der Waals surface area contributed by atoms with Crippen molar-refractivity contribution in [1.29, 1.82) is 0 Å². The van der Waals surface area contributed by atoms with Crippen LogP contribution in [0.25, 0.3) is 44.5 Å². The van der Waals surface area contributed by atoms with Gasteiger partial charge in [-0.05, 0) is 104 Å². The topological polar surface area (TPSA) is 21.7 Å². The normalized spacial score (nSPS) is 14.6. The zero-order valence-corrected chi connectivity index (χ0v) is 33.8. The summed E-state index contributed by atoms with van der Waals surface area (Å²) >= 11 is 0. The van der Waals surface area contributed by atoms with Gasteiger partial charge in [-0.2, -0.15) is 0 Å². The first-order valence-corrected chi connectivity index (χ1v) is 21.2. The second kappa shape index (κ2) is 12.5. The molecular formula is C58H39NO2. The van der Waals surface area contributed by atoms with Gasteiger partial charge in [0.15, 0.2) is 23.0 Å². The van der Waals surface area contributed by atoms with Gasteiger partial charge in [0.05, 0.1) is 11.1 Å². The number of fused-ring (bicyclic) bond motifs is 16. The SMILES string of the molecule is CC1(C)c2ccccc2-c2ccc(N(c3ccccc3)c3ccccc3-c3cccc4c3Oc3c(ccc5c3-c3ccccc3C53c5ccccc5-c5ccccc53)O4)cc21. The molecule has 1 spiro atoms. The number of anilines is 3. The molecule has 0 N–H and O–H groups in total. The summed E-state index contributed by atoms with van der Waals surface area (Å²) < 4.78 is 14.3. The zero-order chi connectivity index (χ0) is 40.5. The first-order chi connectivity index (χ1) is 30.0. The van der Waals surface area contributed by atoms with Gasteiger partial charge in [-0.3, -0.25) is 0 Å². The van der Waals surface area contributed by atoms with Crippen LogP contribution in [0.2, 0.25) is 0 Å². The molecule has 3 aliphatic carbocycles. The molecule has 3 heteroatoms. The molecule has 0 radical (unpaired) electrons. The molecule has 9 aromatic carbocycles. The van der Waals surface area contributed by atoms with Crippen LogP contribution in [0, 0.1) is 0 Å². The summed E-state index contributed by atoms with van der Waals surface area (Å²) in [7, 11) is 0. The smallest absolute Gasteiger partial charge is 0.178 e. The molecule has 0 aromatic heterocycles. The number of rotatable bonds is 4. The minimum absolute atomic E-state index is 0.138. The van der Waals surface area contributed by atoms with Gasteiger partial charge in [-0.15, -0.1) is 0 Å². The largest absolute Gasteiger partial charge is 0.449 e. The summed E-state index contributed by atoms with van der Waals surface area (Å²) in [6, 6.07) is 72.5. The lowest BCUT2D eigenvalue weighted by molar-refractivity contribution is 0.361. The maximum atomic E-state index is 7.37. The fraction of sp³-hybridized carbons (Fsp3) is 0.0690. The molecule has 0 saturated heterocycles. The highest BCUT2D eigenvalue weighted by atomic mass is 16.6. The van der Waals surface area contributed by atoms with Crippen LogP contribution in [0.5, 0.6) is 23.0 Å². The van der Waals surface area contributed by atoms with Gasteiger partial charge in [0.1, 0.15) is 0 Å².